The highest BCUT2D eigenvalue weighted by atomic mass is 32.1. The normalized spacial score (nSPS) is 16.5. The summed E-state index contributed by atoms with van der Waals surface area (Å²) in [6.07, 6.45) is 0. The van der Waals surface area contributed by atoms with Crippen LogP contribution in [0.15, 0.2) is 48.5 Å². The zero-order chi connectivity index (χ0) is 17.8. The number of hydrogen-bond acceptors (Lipinski definition) is 6. The molecule has 0 saturated carbocycles. The van der Waals surface area contributed by atoms with Crippen LogP contribution in [0, 0.1) is 0 Å². The van der Waals surface area contributed by atoms with E-state index in [1.54, 1.807) is 18.4 Å². The number of rotatable bonds is 6. The number of methoxy groups -OCH3 is 1. The van der Waals surface area contributed by atoms with Gasteiger partial charge < -0.3 is 14.8 Å². The number of benzene rings is 2. The lowest BCUT2D eigenvalue weighted by Gasteiger charge is -2.35. The van der Waals surface area contributed by atoms with Crippen LogP contribution < -0.4 is 10.1 Å². The predicted octanol–water partition coefficient (Wildman–Crippen LogP) is 3.79. The maximum absolute atomic E-state index is 5.53. The van der Waals surface area contributed by atoms with Crippen LogP contribution in [-0.4, -0.2) is 49.8 Å². The van der Waals surface area contributed by atoms with Crippen molar-refractivity contribution >= 4 is 26.7 Å². The quantitative estimate of drug-likeness (QED) is 0.716. The molecule has 136 valence electrons. The van der Waals surface area contributed by atoms with Crippen LogP contribution in [-0.2, 0) is 4.74 Å². The summed E-state index contributed by atoms with van der Waals surface area (Å²) in [7, 11) is 1.70. The standard InChI is InChI=1S/C20H23N3O2S/c1-24-16-8-6-15(7-9-16)18(23-10-12-25-13-11-23)14-21-20-22-17-4-2-3-5-19(17)26-20/h2-9,18H,10-14H2,1H3,(H,21,22)/t18-/m0/s1. The van der Waals surface area contributed by atoms with E-state index in [-0.39, 0.29) is 6.04 Å². The van der Waals surface area contributed by atoms with Crippen LogP contribution in [0.25, 0.3) is 10.2 Å². The molecule has 6 heteroatoms. The molecule has 5 nitrogen and oxygen atoms in total. The largest absolute Gasteiger partial charge is 0.497 e. The van der Waals surface area contributed by atoms with Crippen LogP contribution in [0.5, 0.6) is 5.75 Å². The van der Waals surface area contributed by atoms with Gasteiger partial charge >= 0.3 is 0 Å². The van der Waals surface area contributed by atoms with Crippen molar-refractivity contribution in [2.24, 2.45) is 0 Å². The van der Waals surface area contributed by atoms with Crippen molar-refractivity contribution < 1.29 is 9.47 Å². The molecule has 0 unspecified atom stereocenters. The Morgan fingerprint density at radius 2 is 1.92 bits per heavy atom. The molecule has 1 saturated heterocycles. The molecule has 4 rings (SSSR count). The molecule has 1 N–H and O–H groups in total. The van der Waals surface area contributed by atoms with Gasteiger partial charge in [-0.1, -0.05) is 35.6 Å². The molecule has 2 aromatic carbocycles. The summed E-state index contributed by atoms with van der Waals surface area (Å²) in [5.41, 5.74) is 2.33. The van der Waals surface area contributed by atoms with E-state index in [2.05, 4.69) is 40.5 Å². The zero-order valence-electron chi connectivity index (χ0n) is 14.9. The predicted molar refractivity (Wildman–Crippen MR) is 106 cm³/mol. The minimum Gasteiger partial charge on any atom is -0.497 e. The second kappa shape index (κ2) is 8.03. The molecule has 0 aliphatic carbocycles. The molecular weight excluding hydrogens is 346 g/mol. The maximum Gasteiger partial charge on any atom is 0.183 e. The number of aromatic nitrogens is 1. The van der Waals surface area contributed by atoms with Gasteiger partial charge in [-0.2, -0.15) is 0 Å². The summed E-state index contributed by atoms with van der Waals surface area (Å²) < 4.78 is 12.0. The number of para-hydroxylation sites is 1. The molecule has 1 aliphatic heterocycles. The van der Waals surface area contributed by atoms with Gasteiger partial charge in [-0.15, -0.1) is 0 Å². The van der Waals surface area contributed by atoms with Crippen molar-refractivity contribution in [2.75, 3.05) is 45.3 Å². The third-order valence-electron chi connectivity index (χ3n) is 4.73. The van der Waals surface area contributed by atoms with Crippen molar-refractivity contribution in [3.05, 3.63) is 54.1 Å². The van der Waals surface area contributed by atoms with Crippen molar-refractivity contribution in [1.82, 2.24) is 9.88 Å². The number of fused-ring (bicyclic) bond motifs is 1. The summed E-state index contributed by atoms with van der Waals surface area (Å²) >= 11 is 1.70. The number of morpholine rings is 1. The zero-order valence-corrected chi connectivity index (χ0v) is 15.7. The first-order chi connectivity index (χ1) is 12.8. The van der Waals surface area contributed by atoms with Gasteiger partial charge in [0, 0.05) is 19.6 Å². The smallest absolute Gasteiger partial charge is 0.183 e. The number of nitrogens with zero attached hydrogens (tertiary/aromatic N) is 2. The SMILES string of the molecule is COc1ccc([C@H](CNc2nc3ccccc3s2)N2CCOCC2)cc1. The molecule has 1 aliphatic rings. The van der Waals surface area contributed by atoms with E-state index >= 15 is 0 Å². The summed E-state index contributed by atoms with van der Waals surface area (Å²) in [5, 5.41) is 4.52. The number of ether oxygens (including phenoxy) is 2. The van der Waals surface area contributed by atoms with Gasteiger partial charge in [0.05, 0.1) is 36.6 Å². The summed E-state index contributed by atoms with van der Waals surface area (Å²) in [5.74, 6) is 0.883. The van der Waals surface area contributed by atoms with Gasteiger partial charge in [-0.3, -0.25) is 4.90 Å². The lowest BCUT2D eigenvalue weighted by molar-refractivity contribution is 0.0187. The summed E-state index contributed by atoms with van der Waals surface area (Å²) in [4.78, 5) is 7.17. The van der Waals surface area contributed by atoms with Gasteiger partial charge in [0.2, 0.25) is 0 Å². The summed E-state index contributed by atoms with van der Waals surface area (Å²) in [6, 6.07) is 16.9. The third-order valence-corrected chi connectivity index (χ3v) is 5.72. The van der Waals surface area contributed by atoms with E-state index in [1.165, 1.54) is 10.3 Å². The molecular formula is C20H23N3O2S. The minimum absolute atomic E-state index is 0.275. The van der Waals surface area contributed by atoms with E-state index in [4.69, 9.17) is 14.5 Å². The average Bonchev–Trinajstić information content (AvgIpc) is 3.12. The van der Waals surface area contributed by atoms with E-state index in [9.17, 15) is 0 Å². The molecule has 1 fully saturated rings. The van der Waals surface area contributed by atoms with Gasteiger partial charge in [0.25, 0.3) is 0 Å². The maximum atomic E-state index is 5.53. The topological polar surface area (TPSA) is 46.6 Å². The Morgan fingerprint density at radius 3 is 2.65 bits per heavy atom. The van der Waals surface area contributed by atoms with E-state index in [0.717, 1.165) is 49.2 Å². The van der Waals surface area contributed by atoms with E-state index in [1.807, 2.05) is 18.2 Å². The van der Waals surface area contributed by atoms with E-state index < -0.39 is 0 Å². The minimum atomic E-state index is 0.275. The van der Waals surface area contributed by atoms with Crippen LogP contribution in [0.1, 0.15) is 11.6 Å². The van der Waals surface area contributed by atoms with Gasteiger partial charge in [-0.25, -0.2) is 4.98 Å². The molecule has 3 aromatic rings. The Bertz CT molecular complexity index is 811. The molecule has 0 spiro atoms. The Kier molecular flexibility index (Phi) is 5.34. The fourth-order valence-electron chi connectivity index (χ4n) is 3.30. The second-order valence-electron chi connectivity index (χ2n) is 6.30. The Morgan fingerprint density at radius 1 is 1.15 bits per heavy atom. The van der Waals surface area contributed by atoms with Crippen molar-refractivity contribution in [1.29, 1.82) is 0 Å². The van der Waals surface area contributed by atoms with Crippen molar-refractivity contribution in [3.63, 3.8) is 0 Å². The van der Waals surface area contributed by atoms with Crippen LogP contribution >= 0.6 is 11.3 Å². The Hall–Kier alpha value is -2.15. The molecule has 0 amide bonds. The first-order valence-corrected chi connectivity index (χ1v) is 9.70. The second-order valence-corrected chi connectivity index (χ2v) is 7.34. The molecule has 0 bridgehead atoms. The van der Waals surface area contributed by atoms with Crippen molar-refractivity contribution in [3.8, 4) is 5.75 Å². The lowest BCUT2D eigenvalue weighted by atomic mass is 10.0. The fraction of sp³-hybridized carbons (Fsp3) is 0.350. The monoisotopic (exact) mass is 369 g/mol. The average molecular weight is 369 g/mol. The van der Waals surface area contributed by atoms with Gasteiger partial charge in [0.15, 0.2) is 5.13 Å². The molecule has 1 aromatic heterocycles. The van der Waals surface area contributed by atoms with Crippen LogP contribution in [0.3, 0.4) is 0 Å². The van der Waals surface area contributed by atoms with E-state index in [0.29, 0.717) is 0 Å². The Labute approximate surface area is 157 Å². The molecule has 0 radical (unpaired) electrons. The molecule has 2 heterocycles. The van der Waals surface area contributed by atoms with Crippen LogP contribution in [0.2, 0.25) is 0 Å². The highest BCUT2D eigenvalue weighted by molar-refractivity contribution is 7.22. The first-order valence-electron chi connectivity index (χ1n) is 8.89. The van der Waals surface area contributed by atoms with Gasteiger partial charge in [0.1, 0.15) is 5.75 Å². The van der Waals surface area contributed by atoms with Crippen LogP contribution in [0.4, 0.5) is 5.13 Å². The fourth-order valence-corrected chi connectivity index (χ4v) is 4.18. The Balaban J connectivity index is 1.53. The third kappa shape index (κ3) is 3.82. The molecule has 1 atom stereocenters. The van der Waals surface area contributed by atoms with Gasteiger partial charge in [-0.05, 0) is 29.8 Å². The highest BCUT2D eigenvalue weighted by Gasteiger charge is 2.23. The lowest BCUT2D eigenvalue weighted by Crippen LogP contribution is -2.41. The number of hydrogen-bond donors (Lipinski definition) is 1. The summed E-state index contributed by atoms with van der Waals surface area (Å²) in [6.45, 7) is 4.27. The highest BCUT2D eigenvalue weighted by Crippen LogP contribution is 2.28. The number of nitrogens with one attached hydrogen (secondary N) is 1. The first kappa shape index (κ1) is 17.3. The number of thiazole rings is 1. The number of anilines is 1. The van der Waals surface area contributed by atoms with Crippen molar-refractivity contribution in [2.45, 2.75) is 6.04 Å². The molecule has 26 heavy (non-hydrogen) atoms.